The maximum atomic E-state index is 13.3. The molecule has 31 heavy (non-hydrogen) atoms. The second-order valence-electron chi connectivity index (χ2n) is 8.80. The highest BCUT2D eigenvalue weighted by molar-refractivity contribution is 5.94. The van der Waals surface area contributed by atoms with Crippen molar-refractivity contribution in [3.05, 3.63) is 29.8 Å². The molecule has 0 aromatic heterocycles. The Kier molecular flexibility index (Phi) is 5.49. The number of methoxy groups -OCH3 is 1. The van der Waals surface area contributed by atoms with E-state index in [1.807, 2.05) is 39.0 Å². The summed E-state index contributed by atoms with van der Waals surface area (Å²) in [5.74, 6) is 0.750. The van der Waals surface area contributed by atoms with Gasteiger partial charge >= 0.3 is 6.03 Å². The zero-order chi connectivity index (χ0) is 21.4. The Morgan fingerprint density at radius 3 is 2.32 bits per heavy atom. The summed E-state index contributed by atoms with van der Waals surface area (Å²) in [5.41, 5.74) is 0.457. The maximum absolute atomic E-state index is 13.3. The minimum Gasteiger partial charge on any atom is -0.497 e. The molecule has 5 rings (SSSR count). The van der Waals surface area contributed by atoms with Crippen molar-refractivity contribution >= 4 is 11.9 Å². The average molecular weight is 431 g/mol. The van der Waals surface area contributed by atoms with Crippen molar-refractivity contribution in [2.45, 2.75) is 11.6 Å². The minimum atomic E-state index is -0.198. The van der Waals surface area contributed by atoms with Crippen LogP contribution in [0.3, 0.4) is 0 Å². The second kappa shape index (κ2) is 8.29. The van der Waals surface area contributed by atoms with Crippen LogP contribution in [-0.4, -0.2) is 122 Å². The number of ether oxygens (including phenoxy) is 3. The van der Waals surface area contributed by atoms with Gasteiger partial charge in [0.2, 0.25) is 0 Å². The number of rotatable bonds is 2. The number of fused-ring (bicyclic) bond motifs is 2. The Morgan fingerprint density at radius 2 is 1.61 bits per heavy atom. The molecule has 4 saturated heterocycles. The van der Waals surface area contributed by atoms with Gasteiger partial charge in [-0.2, -0.15) is 0 Å². The molecule has 1 spiro atoms. The lowest BCUT2D eigenvalue weighted by Crippen LogP contribution is -2.82. The molecule has 9 heteroatoms. The third-order valence-electron chi connectivity index (χ3n) is 6.90. The quantitative estimate of drug-likeness (QED) is 0.675. The number of carbonyl (C=O) groups is 2. The molecule has 4 aliphatic heterocycles. The Hall–Kier alpha value is -2.36. The summed E-state index contributed by atoms with van der Waals surface area (Å²) in [6.07, 6.45) is 0. The summed E-state index contributed by atoms with van der Waals surface area (Å²) >= 11 is 0. The number of carbonyl (C=O) groups excluding carboxylic acids is 2. The fraction of sp³-hybridized carbons (Fsp3) is 0.636. The Morgan fingerprint density at radius 1 is 0.935 bits per heavy atom. The van der Waals surface area contributed by atoms with Crippen molar-refractivity contribution in [1.29, 1.82) is 0 Å². The molecule has 4 fully saturated rings. The molecule has 4 heterocycles. The number of amides is 3. The smallest absolute Gasteiger partial charge is 0.320 e. The lowest BCUT2D eigenvalue weighted by atomic mass is 9.82. The predicted molar refractivity (Wildman–Crippen MR) is 112 cm³/mol. The molecule has 3 amide bonds. The number of nitrogens with zero attached hydrogens (tertiary/aromatic N) is 4. The fourth-order valence-corrected chi connectivity index (χ4v) is 5.30. The van der Waals surface area contributed by atoms with Crippen molar-refractivity contribution in [3.63, 3.8) is 0 Å². The molecule has 0 aliphatic carbocycles. The topological polar surface area (TPSA) is 74.8 Å². The molecule has 1 unspecified atom stereocenters. The van der Waals surface area contributed by atoms with Gasteiger partial charge in [-0.25, -0.2) is 4.79 Å². The van der Waals surface area contributed by atoms with Crippen LogP contribution in [0, 0.1) is 0 Å². The molecule has 0 bridgehead atoms. The van der Waals surface area contributed by atoms with E-state index in [0.717, 1.165) is 12.3 Å². The Labute approximate surface area is 182 Å². The van der Waals surface area contributed by atoms with Gasteiger partial charge in [0.25, 0.3) is 5.91 Å². The number of likely N-dealkylation sites (tertiary alicyclic amines) is 1. The van der Waals surface area contributed by atoms with Crippen LogP contribution >= 0.6 is 0 Å². The lowest BCUT2D eigenvalue weighted by molar-refractivity contribution is -0.150. The number of urea groups is 1. The highest BCUT2D eigenvalue weighted by Crippen LogP contribution is 2.36. The SMILES string of the molecule is COc1ccc(C(=O)N2CC3COCCN3C3(C2)CN(C(=O)N2CCOCC2)C3)cc1. The van der Waals surface area contributed by atoms with Crippen LogP contribution in [0.5, 0.6) is 5.75 Å². The summed E-state index contributed by atoms with van der Waals surface area (Å²) in [5, 5.41) is 0. The monoisotopic (exact) mass is 430 g/mol. The molecular weight excluding hydrogens is 400 g/mol. The van der Waals surface area contributed by atoms with Crippen LogP contribution in [-0.2, 0) is 9.47 Å². The highest BCUT2D eigenvalue weighted by atomic mass is 16.5. The van der Waals surface area contributed by atoms with Crippen molar-refractivity contribution in [1.82, 2.24) is 19.6 Å². The highest BCUT2D eigenvalue weighted by Gasteiger charge is 2.56. The molecule has 0 N–H and O–H groups in total. The molecule has 1 atom stereocenters. The van der Waals surface area contributed by atoms with Gasteiger partial charge in [0.1, 0.15) is 5.75 Å². The number of hydrogen-bond acceptors (Lipinski definition) is 6. The summed E-state index contributed by atoms with van der Waals surface area (Å²) < 4.78 is 16.3. The van der Waals surface area contributed by atoms with Crippen LogP contribution in [0.1, 0.15) is 10.4 Å². The number of benzene rings is 1. The van der Waals surface area contributed by atoms with E-state index in [1.165, 1.54) is 0 Å². The van der Waals surface area contributed by atoms with E-state index in [-0.39, 0.29) is 23.5 Å². The van der Waals surface area contributed by atoms with Crippen LogP contribution in [0.15, 0.2) is 24.3 Å². The van der Waals surface area contributed by atoms with Gasteiger partial charge in [0, 0.05) is 51.4 Å². The van der Waals surface area contributed by atoms with Crippen molar-refractivity contribution < 1.29 is 23.8 Å². The van der Waals surface area contributed by atoms with E-state index in [1.54, 1.807) is 7.11 Å². The average Bonchev–Trinajstić information content (AvgIpc) is 2.81. The third-order valence-corrected chi connectivity index (χ3v) is 6.90. The van der Waals surface area contributed by atoms with Gasteiger partial charge in [-0.1, -0.05) is 0 Å². The summed E-state index contributed by atoms with van der Waals surface area (Å²) in [7, 11) is 1.61. The molecule has 4 aliphatic rings. The second-order valence-corrected chi connectivity index (χ2v) is 8.80. The normalized spacial score (nSPS) is 25.7. The molecule has 0 radical (unpaired) electrons. The molecular formula is C22H30N4O5. The van der Waals surface area contributed by atoms with Crippen LogP contribution < -0.4 is 4.74 Å². The third kappa shape index (κ3) is 3.75. The van der Waals surface area contributed by atoms with E-state index < -0.39 is 0 Å². The van der Waals surface area contributed by atoms with Gasteiger partial charge in [-0.15, -0.1) is 0 Å². The summed E-state index contributed by atoms with van der Waals surface area (Å²) in [4.78, 5) is 34.4. The van der Waals surface area contributed by atoms with Crippen LogP contribution in [0.4, 0.5) is 4.79 Å². The largest absolute Gasteiger partial charge is 0.497 e. The minimum absolute atomic E-state index is 0.0187. The van der Waals surface area contributed by atoms with Crippen LogP contribution in [0.2, 0.25) is 0 Å². The van der Waals surface area contributed by atoms with E-state index in [9.17, 15) is 9.59 Å². The van der Waals surface area contributed by atoms with Crippen LogP contribution in [0.25, 0.3) is 0 Å². The van der Waals surface area contributed by atoms with Gasteiger partial charge < -0.3 is 28.9 Å². The molecule has 9 nitrogen and oxygen atoms in total. The number of morpholine rings is 2. The molecule has 0 saturated carbocycles. The van der Waals surface area contributed by atoms with Gasteiger partial charge in [-0.3, -0.25) is 9.69 Å². The molecule has 168 valence electrons. The van der Waals surface area contributed by atoms with E-state index in [2.05, 4.69) is 4.90 Å². The van der Waals surface area contributed by atoms with Crippen molar-refractivity contribution in [2.24, 2.45) is 0 Å². The first-order valence-corrected chi connectivity index (χ1v) is 11.0. The van der Waals surface area contributed by atoms with E-state index >= 15 is 0 Å². The molecule has 1 aromatic carbocycles. The number of hydrogen-bond donors (Lipinski definition) is 0. The van der Waals surface area contributed by atoms with Gasteiger partial charge in [0.05, 0.1) is 45.1 Å². The predicted octanol–water partition coefficient (Wildman–Crippen LogP) is 0.358. The zero-order valence-electron chi connectivity index (χ0n) is 18.0. The first-order valence-electron chi connectivity index (χ1n) is 11.0. The summed E-state index contributed by atoms with van der Waals surface area (Å²) in [6, 6.07) is 7.49. The van der Waals surface area contributed by atoms with E-state index in [4.69, 9.17) is 14.2 Å². The Balaban J connectivity index is 1.31. The van der Waals surface area contributed by atoms with Gasteiger partial charge in [0.15, 0.2) is 0 Å². The zero-order valence-corrected chi connectivity index (χ0v) is 18.0. The standard InChI is InChI=1S/C22H30N4O5/c1-29-19-4-2-17(3-5-19)20(27)24-12-18-13-31-11-8-26(18)22(14-24)15-25(16-22)21(28)23-6-9-30-10-7-23/h2-5,18H,6-16H2,1H3. The first-order chi connectivity index (χ1) is 15.1. The number of piperazine rings is 1. The fourth-order valence-electron chi connectivity index (χ4n) is 5.30. The van der Waals surface area contributed by atoms with Crippen molar-refractivity contribution in [3.8, 4) is 5.75 Å². The van der Waals surface area contributed by atoms with Gasteiger partial charge in [-0.05, 0) is 24.3 Å². The summed E-state index contributed by atoms with van der Waals surface area (Å²) in [6.45, 7) is 7.20. The first kappa shape index (κ1) is 20.5. The Bertz CT molecular complexity index is 820. The maximum Gasteiger partial charge on any atom is 0.320 e. The lowest BCUT2D eigenvalue weighted by Gasteiger charge is -2.63. The van der Waals surface area contributed by atoms with Crippen molar-refractivity contribution in [2.75, 3.05) is 79.4 Å². The van der Waals surface area contributed by atoms with E-state index in [0.29, 0.717) is 71.3 Å². The molecule has 1 aromatic rings.